The van der Waals surface area contributed by atoms with Crippen molar-refractivity contribution < 1.29 is 9.53 Å². The highest BCUT2D eigenvalue weighted by Crippen LogP contribution is 2.48. The highest BCUT2D eigenvalue weighted by atomic mass is 16.5. The molecule has 1 aromatic heterocycles. The third-order valence-electron chi connectivity index (χ3n) is 7.17. The summed E-state index contributed by atoms with van der Waals surface area (Å²) in [7, 11) is 2.11. The highest BCUT2D eigenvalue weighted by molar-refractivity contribution is 5.97. The van der Waals surface area contributed by atoms with Crippen LogP contribution in [0.2, 0.25) is 0 Å². The Labute approximate surface area is 201 Å². The molecule has 0 radical (unpaired) electrons. The lowest BCUT2D eigenvalue weighted by Gasteiger charge is -2.37. The highest BCUT2D eigenvalue weighted by Gasteiger charge is 2.47. The second-order valence-corrected chi connectivity index (χ2v) is 9.67. The summed E-state index contributed by atoms with van der Waals surface area (Å²) in [6, 6.07) is 14.5. The molecule has 5 heteroatoms. The van der Waals surface area contributed by atoms with E-state index in [1.54, 1.807) is 0 Å². The number of carbonyl (C=O) groups is 1. The van der Waals surface area contributed by atoms with Crippen LogP contribution in [-0.2, 0) is 5.54 Å². The van der Waals surface area contributed by atoms with E-state index in [4.69, 9.17) is 9.72 Å². The number of nitrogens with one attached hydrogen (secondary N) is 1. The van der Waals surface area contributed by atoms with Gasteiger partial charge in [-0.25, -0.2) is 0 Å². The van der Waals surface area contributed by atoms with Gasteiger partial charge in [0.15, 0.2) is 0 Å². The number of hydrogen-bond donors (Lipinski definition) is 1. The van der Waals surface area contributed by atoms with Crippen molar-refractivity contribution in [2.45, 2.75) is 51.6 Å². The molecule has 5 nitrogen and oxygen atoms in total. The van der Waals surface area contributed by atoms with E-state index in [1.807, 2.05) is 51.1 Å². The molecule has 2 fully saturated rings. The quantitative estimate of drug-likeness (QED) is 0.549. The zero-order valence-electron chi connectivity index (χ0n) is 20.4. The number of rotatable bonds is 6. The lowest BCUT2D eigenvalue weighted by Crippen LogP contribution is -2.48. The Hall–Kier alpha value is -3.36. The number of nitrogens with zero attached hydrogens (tertiary/aromatic N) is 2. The van der Waals surface area contributed by atoms with Crippen LogP contribution in [0.15, 0.2) is 42.5 Å². The van der Waals surface area contributed by atoms with Gasteiger partial charge in [-0.15, -0.1) is 5.92 Å². The molecule has 1 amide bonds. The van der Waals surface area contributed by atoms with Crippen LogP contribution in [0.5, 0.6) is 5.75 Å². The molecule has 0 unspecified atom stereocenters. The Kier molecular flexibility index (Phi) is 5.79. The van der Waals surface area contributed by atoms with Crippen molar-refractivity contribution in [3.63, 3.8) is 0 Å². The first-order chi connectivity index (χ1) is 16.4. The summed E-state index contributed by atoms with van der Waals surface area (Å²) in [5.41, 5.74) is 5.12. The number of fused-ring (bicyclic) bond motifs is 1. The maximum absolute atomic E-state index is 13.5. The smallest absolute Gasteiger partial charge is 0.252 e. The molecule has 3 aromatic rings. The number of carbonyl (C=O) groups excluding carboxylic acids is 1. The Morgan fingerprint density at radius 2 is 2.03 bits per heavy atom. The summed E-state index contributed by atoms with van der Waals surface area (Å²) in [4.78, 5) is 20.5. The second-order valence-electron chi connectivity index (χ2n) is 9.67. The lowest BCUT2D eigenvalue weighted by atomic mass is 9.95. The number of likely N-dealkylation sites (tertiary alicyclic amines) is 1. The predicted octanol–water partition coefficient (Wildman–Crippen LogP) is 4.73. The molecular formula is C29H31N3O2. The Morgan fingerprint density at radius 1 is 1.21 bits per heavy atom. The SMILES string of the molecule is CC#Cc1cc(C2(NC(=O)c3cc(OC[C@@H]4CCN4C)ccc3C)CC2)c2ccc(C)nc2c1. The van der Waals surface area contributed by atoms with Gasteiger partial charge >= 0.3 is 0 Å². The number of aromatic nitrogens is 1. The molecular weight excluding hydrogens is 422 g/mol. The van der Waals surface area contributed by atoms with E-state index in [1.165, 1.54) is 0 Å². The number of pyridine rings is 1. The van der Waals surface area contributed by atoms with Crippen molar-refractivity contribution >= 4 is 16.8 Å². The number of hydrogen-bond acceptors (Lipinski definition) is 4. The standard InChI is InChI=1S/C29H31N3O2/c1-5-6-21-15-26(24-10-8-20(3)30-27(24)16-21)29(12-13-29)31-28(33)25-17-23(9-7-19(25)2)34-18-22-11-14-32(22)4/h7-10,15-17,22H,11-14,18H2,1-4H3,(H,31,33)/t22-/m0/s1. The third kappa shape index (κ3) is 4.26. The van der Waals surface area contributed by atoms with Gasteiger partial charge in [0, 0.05) is 28.2 Å². The first kappa shape index (κ1) is 22.4. The Morgan fingerprint density at radius 3 is 2.71 bits per heavy atom. The molecule has 1 atom stereocenters. The molecule has 34 heavy (non-hydrogen) atoms. The van der Waals surface area contributed by atoms with Gasteiger partial charge in [-0.3, -0.25) is 14.7 Å². The van der Waals surface area contributed by atoms with Crippen molar-refractivity contribution in [2.24, 2.45) is 0 Å². The van der Waals surface area contributed by atoms with Crippen LogP contribution in [-0.4, -0.2) is 42.0 Å². The molecule has 1 aliphatic carbocycles. The van der Waals surface area contributed by atoms with Gasteiger partial charge in [-0.2, -0.15) is 0 Å². The van der Waals surface area contributed by atoms with Crippen LogP contribution in [0.25, 0.3) is 10.9 Å². The van der Waals surface area contributed by atoms with E-state index in [9.17, 15) is 4.79 Å². The number of amides is 1. The second kappa shape index (κ2) is 8.77. The Bertz CT molecular complexity index is 1330. The first-order valence-corrected chi connectivity index (χ1v) is 12.0. The largest absolute Gasteiger partial charge is 0.492 e. The first-order valence-electron chi connectivity index (χ1n) is 12.0. The van der Waals surface area contributed by atoms with Crippen LogP contribution in [0.3, 0.4) is 0 Å². The van der Waals surface area contributed by atoms with Crippen molar-refractivity contribution in [3.8, 4) is 17.6 Å². The fourth-order valence-electron chi connectivity index (χ4n) is 4.73. The zero-order valence-corrected chi connectivity index (χ0v) is 20.4. The van der Waals surface area contributed by atoms with Crippen molar-refractivity contribution in [1.29, 1.82) is 0 Å². The van der Waals surface area contributed by atoms with Gasteiger partial charge in [0.2, 0.25) is 0 Å². The van der Waals surface area contributed by atoms with E-state index < -0.39 is 5.54 Å². The molecule has 1 saturated carbocycles. The molecule has 2 aliphatic rings. The predicted molar refractivity (Wildman–Crippen MR) is 135 cm³/mol. The van der Waals surface area contributed by atoms with E-state index in [0.29, 0.717) is 18.2 Å². The topological polar surface area (TPSA) is 54.5 Å². The fraction of sp³-hybridized carbons (Fsp3) is 0.379. The van der Waals surface area contributed by atoms with Gasteiger partial charge in [0.25, 0.3) is 5.91 Å². The maximum atomic E-state index is 13.5. The van der Waals surface area contributed by atoms with E-state index >= 15 is 0 Å². The number of likely N-dealkylation sites (N-methyl/N-ethyl adjacent to an activating group) is 1. The van der Waals surface area contributed by atoms with E-state index in [0.717, 1.165) is 64.8 Å². The van der Waals surface area contributed by atoms with E-state index in [-0.39, 0.29) is 5.91 Å². The summed E-state index contributed by atoms with van der Waals surface area (Å²) in [6.45, 7) is 7.56. The fourth-order valence-corrected chi connectivity index (χ4v) is 4.73. The summed E-state index contributed by atoms with van der Waals surface area (Å²) >= 11 is 0. The van der Waals surface area contributed by atoms with Crippen LogP contribution >= 0.6 is 0 Å². The average molecular weight is 454 g/mol. The van der Waals surface area contributed by atoms with Gasteiger partial charge in [-0.05, 0) is 95.1 Å². The van der Waals surface area contributed by atoms with E-state index in [2.05, 4.69) is 41.2 Å². The molecule has 1 N–H and O–H groups in total. The molecule has 5 rings (SSSR count). The molecule has 1 aliphatic heterocycles. The van der Waals surface area contributed by atoms with Crippen molar-refractivity contribution in [3.05, 3.63) is 70.4 Å². The molecule has 0 spiro atoms. The van der Waals surface area contributed by atoms with Gasteiger partial charge < -0.3 is 10.1 Å². The van der Waals surface area contributed by atoms with Crippen LogP contribution in [0.1, 0.15) is 58.9 Å². The number of ether oxygens (including phenoxy) is 1. The zero-order chi connectivity index (χ0) is 23.9. The van der Waals surface area contributed by atoms with Crippen LogP contribution < -0.4 is 10.1 Å². The summed E-state index contributed by atoms with van der Waals surface area (Å²) in [6.07, 6.45) is 2.95. The maximum Gasteiger partial charge on any atom is 0.252 e. The number of aryl methyl sites for hydroxylation is 2. The number of benzene rings is 2. The van der Waals surface area contributed by atoms with Crippen LogP contribution in [0.4, 0.5) is 0 Å². The van der Waals surface area contributed by atoms with Gasteiger partial charge in [0.1, 0.15) is 12.4 Å². The van der Waals surface area contributed by atoms with Crippen molar-refractivity contribution in [2.75, 3.05) is 20.2 Å². The summed E-state index contributed by atoms with van der Waals surface area (Å²) in [5, 5.41) is 4.43. The van der Waals surface area contributed by atoms with Gasteiger partial charge in [-0.1, -0.05) is 18.1 Å². The molecule has 1 saturated heterocycles. The molecule has 2 aromatic carbocycles. The third-order valence-corrected chi connectivity index (χ3v) is 7.17. The lowest BCUT2D eigenvalue weighted by molar-refractivity contribution is 0.0767. The normalized spacial score (nSPS) is 18.5. The Balaban J connectivity index is 1.42. The van der Waals surface area contributed by atoms with Gasteiger partial charge in [0.05, 0.1) is 11.1 Å². The minimum Gasteiger partial charge on any atom is -0.492 e. The minimum absolute atomic E-state index is 0.0681. The molecule has 0 bridgehead atoms. The summed E-state index contributed by atoms with van der Waals surface area (Å²) in [5.74, 6) is 6.84. The van der Waals surface area contributed by atoms with Crippen molar-refractivity contribution in [1.82, 2.24) is 15.2 Å². The molecule has 174 valence electrons. The summed E-state index contributed by atoms with van der Waals surface area (Å²) < 4.78 is 6.02. The minimum atomic E-state index is -0.393. The molecule has 2 heterocycles. The average Bonchev–Trinajstić information content (AvgIpc) is 3.59. The monoisotopic (exact) mass is 453 g/mol. The van der Waals surface area contributed by atoms with Crippen LogP contribution in [0, 0.1) is 25.7 Å².